The van der Waals surface area contributed by atoms with Crippen molar-refractivity contribution in [2.45, 2.75) is 33.0 Å². The van der Waals surface area contributed by atoms with Crippen LogP contribution in [-0.2, 0) is 14.4 Å². The zero-order valence-electron chi connectivity index (χ0n) is 11.2. The molecule has 98 valence electrons. The van der Waals surface area contributed by atoms with E-state index in [4.69, 9.17) is 9.57 Å². The van der Waals surface area contributed by atoms with Crippen LogP contribution in [0.1, 0.15) is 32.4 Å². The molecule has 0 bridgehead atoms. The Morgan fingerprint density at radius 2 is 1.94 bits per heavy atom. The second kappa shape index (κ2) is 4.71. The first kappa shape index (κ1) is 13.1. The molecule has 1 aromatic carbocycles. The first-order valence-corrected chi connectivity index (χ1v) is 6.03. The van der Waals surface area contributed by atoms with Crippen molar-refractivity contribution >= 4 is 5.97 Å². The fraction of sp³-hybridized carbons (Fsp3) is 0.500. The molecule has 0 spiro atoms. The van der Waals surface area contributed by atoms with Gasteiger partial charge in [0.15, 0.2) is 12.3 Å². The molecule has 0 aromatic heterocycles. The van der Waals surface area contributed by atoms with Crippen LogP contribution < -0.4 is 0 Å². The van der Waals surface area contributed by atoms with Crippen molar-refractivity contribution in [1.29, 1.82) is 0 Å². The van der Waals surface area contributed by atoms with Crippen molar-refractivity contribution in [2.75, 3.05) is 7.11 Å². The number of esters is 1. The number of hydrogen-bond acceptors (Lipinski definition) is 4. The summed E-state index contributed by atoms with van der Waals surface area (Å²) in [6.07, 6.45) is -0.0539. The lowest BCUT2D eigenvalue weighted by molar-refractivity contribution is -0.147. The predicted octanol–water partition coefficient (Wildman–Crippen LogP) is 2.52. The van der Waals surface area contributed by atoms with Crippen molar-refractivity contribution in [3.8, 4) is 0 Å². The summed E-state index contributed by atoms with van der Waals surface area (Å²) in [6, 6.07) is 9.05. The highest BCUT2D eigenvalue weighted by Crippen LogP contribution is 2.43. The van der Waals surface area contributed by atoms with Crippen LogP contribution >= 0.6 is 0 Å². The maximum atomic E-state index is 11.9. The molecule has 1 fully saturated rings. The monoisotopic (exact) mass is 249 g/mol. The molecule has 0 radical (unpaired) electrons. The number of benzene rings is 1. The Balaban J connectivity index is 2.22. The van der Waals surface area contributed by atoms with Gasteiger partial charge in [0.2, 0.25) is 0 Å². The molecule has 0 saturated carbocycles. The highest BCUT2D eigenvalue weighted by Gasteiger charge is 2.52. The van der Waals surface area contributed by atoms with E-state index < -0.39 is 6.04 Å². The molecule has 18 heavy (non-hydrogen) atoms. The number of nitrogens with zero attached hydrogens (tertiary/aromatic N) is 1. The van der Waals surface area contributed by atoms with Gasteiger partial charge in [-0.3, -0.25) is 4.84 Å². The predicted molar refractivity (Wildman–Crippen MR) is 67.4 cm³/mol. The van der Waals surface area contributed by atoms with Crippen molar-refractivity contribution in [1.82, 2.24) is 5.06 Å². The Morgan fingerprint density at radius 1 is 1.33 bits per heavy atom. The van der Waals surface area contributed by atoms with Crippen LogP contribution in [0.2, 0.25) is 0 Å². The van der Waals surface area contributed by atoms with E-state index in [1.165, 1.54) is 7.11 Å². The number of methoxy groups -OCH3 is 1. The van der Waals surface area contributed by atoms with Gasteiger partial charge >= 0.3 is 5.97 Å². The van der Waals surface area contributed by atoms with E-state index in [-0.39, 0.29) is 17.6 Å². The summed E-state index contributed by atoms with van der Waals surface area (Å²) in [5.41, 5.74) is 0.859. The van der Waals surface area contributed by atoms with E-state index in [0.29, 0.717) is 0 Å². The maximum Gasteiger partial charge on any atom is 0.330 e. The smallest absolute Gasteiger partial charge is 0.330 e. The Kier molecular flexibility index (Phi) is 3.41. The lowest BCUT2D eigenvalue weighted by Crippen LogP contribution is -2.27. The van der Waals surface area contributed by atoms with Crippen LogP contribution in [0.4, 0.5) is 0 Å². The molecule has 0 aliphatic carbocycles. The van der Waals surface area contributed by atoms with Crippen molar-refractivity contribution in [2.24, 2.45) is 5.41 Å². The Hall–Kier alpha value is -1.39. The van der Waals surface area contributed by atoms with Gasteiger partial charge in [-0.1, -0.05) is 51.1 Å². The molecule has 1 heterocycles. The molecule has 1 aliphatic heterocycles. The van der Waals surface area contributed by atoms with Gasteiger partial charge in [0, 0.05) is 5.41 Å². The lowest BCUT2D eigenvalue weighted by Gasteiger charge is -2.18. The van der Waals surface area contributed by atoms with Gasteiger partial charge in [0.05, 0.1) is 7.11 Å². The minimum absolute atomic E-state index is 0.0267. The van der Waals surface area contributed by atoms with Crippen LogP contribution in [0, 0.1) is 5.41 Å². The summed E-state index contributed by atoms with van der Waals surface area (Å²) in [5.74, 6) is -0.298. The molecule has 2 unspecified atom stereocenters. The van der Waals surface area contributed by atoms with Gasteiger partial charge in [0.25, 0.3) is 0 Å². The average molecular weight is 249 g/mol. The summed E-state index contributed by atoms with van der Waals surface area (Å²) in [6.45, 7) is 6.24. The fourth-order valence-electron chi connectivity index (χ4n) is 1.96. The van der Waals surface area contributed by atoms with E-state index >= 15 is 0 Å². The number of rotatable bonds is 3. The third-order valence-corrected chi connectivity index (χ3v) is 2.94. The van der Waals surface area contributed by atoms with Crippen molar-refractivity contribution in [3.05, 3.63) is 35.9 Å². The molecule has 1 aromatic rings. The molecule has 0 N–H and O–H groups in total. The Labute approximate surface area is 107 Å². The number of hydroxylamine groups is 2. The molecule has 0 amide bonds. The second-order valence-corrected chi connectivity index (χ2v) is 5.52. The van der Waals surface area contributed by atoms with Gasteiger partial charge in [-0.2, -0.15) is 0 Å². The first-order chi connectivity index (χ1) is 8.45. The lowest BCUT2D eigenvalue weighted by atomic mass is 9.94. The topological polar surface area (TPSA) is 41.8 Å². The highest BCUT2D eigenvalue weighted by atomic mass is 16.8. The van der Waals surface area contributed by atoms with Gasteiger partial charge in [0.1, 0.15) is 0 Å². The largest absolute Gasteiger partial charge is 0.468 e. The van der Waals surface area contributed by atoms with E-state index in [0.717, 1.165) is 5.56 Å². The van der Waals surface area contributed by atoms with Gasteiger partial charge < -0.3 is 4.74 Å². The number of hydrogen-bond donors (Lipinski definition) is 0. The van der Waals surface area contributed by atoms with Crippen molar-refractivity contribution in [3.63, 3.8) is 0 Å². The second-order valence-electron chi connectivity index (χ2n) is 5.52. The standard InChI is InChI=1S/C14H19NO3/c1-14(2,3)13-15(18-13)11(12(16)17-4)10-8-6-5-7-9-10/h5-9,11,13H,1-4H3/t11-,13?,15?/m1/s1. The molecule has 3 atom stereocenters. The summed E-state index contributed by atoms with van der Waals surface area (Å²) in [4.78, 5) is 17.5. The minimum Gasteiger partial charge on any atom is -0.468 e. The van der Waals surface area contributed by atoms with Crippen LogP contribution in [0.15, 0.2) is 30.3 Å². The normalized spacial score (nSPS) is 24.4. The first-order valence-electron chi connectivity index (χ1n) is 6.03. The number of ether oxygens (including phenoxy) is 1. The minimum atomic E-state index is -0.486. The molecular weight excluding hydrogens is 230 g/mol. The van der Waals surface area contributed by atoms with E-state index in [2.05, 4.69) is 20.8 Å². The average Bonchev–Trinajstić information content (AvgIpc) is 3.10. The highest BCUT2D eigenvalue weighted by molar-refractivity contribution is 5.77. The number of carbonyl (C=O) groups excluding carboxylic acids is 1. The number of carbonyl (C=O) groups is 1. The van der Waals surface area contributed by atoms with Gasteiger partial charge in [-0.15, -0.1) is 5.06 Å². The molecule has 4 heteroatoms. The van der Waals surface area contributed by atoms with E-state index in [1.54, 1.807) is 5.06 Å². The Bertz CT molecular complexity index is 424. The van der Waals surface area contributed by atoms with Crippen LogP contribution in [0.25, 0.3) is 0 Å². The summed E-state index contributed by atoms with van der Waals surface area (Å²) in [5, 5.41) is 1.71. The van der Waals surface area contributed by atoms with Gasteiger partial charge in [-0.05, 0) is 5.56 Å². The molecule has 1 aliphatic rings. The molecule has 4 nitrogen and oxygen atoms in total. The van der Waals surface area contributed by atoms with Crippen LogP contribution in [0.3, 0.4) is 0 Å². The molecular formula is C14H19NO3. The third-order valence-electron chi connectivity index (χ3n) is 2.94. The SMILES string of the molecule is COC(=O)[C@@H](c1ccccc1)N1OC1C(C)(C)C. The van der Waals surface area contributed by atoms with E-state index in [9.17, 15) is 4.79 Å². The fourth-order valence-corrected chi connectivity index (χ4v) is 1.96. The van der Waals surface area contributed by atoms with Crippen molar-refractivity contribution < 1.29 is 14.4 Å². The quantitative estimate of drug-likeness (QED) is 0.609. The van der Waals surface area contributed by atoms with Gasteiger partial charge in [-0.25, -0.2) is 4.79 Å². The summed E-state index contributed by atoms with van der Waals surface area (Å²) in [7, 11) is 1.40. The Morgan fingerprint density at radius 3 is 2.39 bits per heavy atom. The molecule has 2 rings (SSSR count). The maximum absolute atomic E-state index is 11.9. The summed E-state index contributed by atoms with van der Waals surface area (Å²) >= 11 is 0. The zero-order valence-corrected chi connectivity index (χ0v) is 11.2. The molecule has 1 saturated heterocycles. The third kappa shape index (κ3) is 2.54. The van der Waals surface area contributed by atoms with E-state index in [1.807, 2.05) is 30.3 Å². The van der Waals surface area contributed by atoms with Crippen LogP contribution in [0.5, 0.6) is 0 Å². The summed E-state index contributed by atoms with van der Waals surface area (Å²) < 4.78 is 4.87. The van der Waals surface area contributed by atoms with Crippen LogP contribution in [-0.4, -0.2) is 24.4 Å². The zero-order chi connectivity index (χ0) is 13.3.